The lowest BCUT2D eigenvalue weighted by atomic mass is 10.1. The molecule has 1 amide bonds. The van der Waals surface area contributed by atoms with E-state index in [2.05, 4.69) is 27.4 Å². The highest BCUT2D eigenvalue weighted by Crippen LogP contribution is 2.19. The van der Waals surface area contributed by atoms with Gasteiger partial charge < -0.3 is 10.1 Å². The SMILES string of the molecule is Cc1nn(-c2ccccc2)c(C)c1CC(=O)Nc1ccc(CN2CCOCC2)cc1. The van der Waals surface area contributed by atoms with Crippen LogP contribution >= 0.6 is 0 Å². The van der Waals surface area contributed by atoms with Crippen molar-refractivity contribution in [3.05, 3.63) is 77.1 Å². The summed E-state index contributed by atoms with van der Waals surface area (Å²) < 4.78 is 7.30. The second-order valence-corrected chi connectivity index (χ2v) is 7.71. The van der Waals surface area contributed by atoms with Crippen LogP contribution in [0.25, 0.3) is 5.69 Å². The third kappa shape index (κ3) is 4.78. The van der Waals surface area contributed by atoms with E-state index in [1.54, 1.807) is 0 Å². The highest BCUT2D eigenvalue weighted by atomic mass is 16.5. The summed E-state index contributed by atoms with van der Waals surface area (Å²) in [6.45, 7) is 8.41. The van der Waals surface area contributed by atoms with Crippen molar-refractivity contribution >= 4 is 11.6 Å². The molecule has 1 aliphatic heterocycles. The second kappa shape index (κ2) is 9.24. The Balaban J connectivity index is 1.38. The van der Waals surface area contributed by atoms with Crippen LogP contribution in [0.3, 0.4) is 0 Å². The maximum Gasteiger partial charge on any atom is 0.228 e. The van der Waals surface area contributed by atoms with Crippen molar-refractivity contribution in [3.8, 4) is 5.69 Å². The monoisotopic (exact) mass is 404 g/mol. The zero-order valence-electron chi connectivity index (χ0n) is 17.6. The molecule has 0 spiro atoms. The molecule has 4 rings (SSSR count). The summed E-state index contributed by atoms with van der Waals surface area (Å²) in [7, 11) is 0. The number of nitrogens with one attached hydrogen (secondary N) is 1. The second-order valence-electron chi connectivity index (χ2n) is 7.71. The quantitative estimate of drug-likeness (QED) is 0.683. The van der Waals surface area contributed by atoms with E-state index >= 15 is 0 Å². The number of carbonyl (C=O) groups excluding carboxylic acids is 1. The van der Waals surface area contributed by atoms with E-state index in [-0.39, 0.29) is 5.91 Å². The molecule has 0 atom stereocenters. The lowest BCUT2D eigenvalue weighted by molar-refractivity contribution is -0.115. The topological polar surface area (TPSA) is 59.4 Å². The van der Waals surface area contributed by atoms with Crippen molar-refractivity contribution in [1.29, 1.82) is 0 Å². The number of aromatic nitrogens is 2. The van der Waals surface area contributed by atoms with Gasteiger partial charge in [0.2, 0.25) is 5.91 Å². The predicted molar refractivity (Wildman–Crippen MR) is 118 cm³/mol. The molecule has 1 saturated heterocycles. The van der Waals surface area contributed by atoms with Crippen LogP contribution in [0.1, 0.15) is 22.5 Å². The van der Waals surface area contributed by atoms with Gasteiger partial charge in [0.15, 0.2) is 0 Å². The summed E-state index contributed by atoms with van der Waals surface area (Å²) in [5.41, 5.74) is 5.91. The molecule has 0 aliphatic carbocycles. The molecule has 0 bridgehead atoms. The molecular weight excluding hydrogens is 376 g/mol. The van der Waals surface area contributed by atoms with Crippen molar-refractivity contribution in [2.75, 3.05) is 31.6 Å². The van der Waals surface area contributed by atoms with Crippen LogP contribution < -0.4 is 5.32 Å². The molecule has 1 aromatic heterocycles. The highest BCUT2D eigenvalue weighted by Gasteiger charge is 2.16. The van der Waals surface area contributed by atoms with Gasteiger partial charge in [-0.3, -0.25) is 9.69 Å². The number of morpholine rings is 1. The van der Waals surface area contributed by atoms with E-state index < -0.39 is 0 Å². The van der Waals surface area contributed by atoms with Gasteiger partial charge in [-0.15, -0.1) is 0 Å². The highest BCUT2D eigenvalue weighted by molar-refractivity contribution is 5.92. The lowest BCUT2D eigenvalue weighted by Crippen LogP contribution is -2.35. The molecule has 2 heterocycles. The third-order valence-electron chi connectivity index (χ3n) is 5.53. The summed E-state index contributed by atoms with van der Waals surface area (Å²) in [6, 6.07) is 18.1. The van der Waals surface area contributed by atoms with Crippen molar-refractivity contribution in [1.82, 2.24) is 14.7 Å². The average Bonchev–Trinajstić information content (AvgIpc) is 3.05. The predicted octanol–water partition coefficient (Wildman–Crippen LogP) is 3.50. The molecule has 6 heteroatoms. The Morgan fingerprint density at radius 1 is 1.03 bits per heavy atom. The van der Waals surface area contributed by atoms with Gasteiger partial charge in [-0.05, 0) is 43.7 Å². The number of hydrogen-bond acceptors (Lipinski definition) is 4. The summed E-state index contributed by atoms with van der Waals surface area (Å²) >= 11 is 0. The Kier molecular flexibility index (Phi) is 6.26. The average molecular weight is 405 g/mol. The van der Waals surface area contributed by atoms with Crippen LogP contribution in [0.2, 0.25) is 0 Å². The van der Waals surface area contributed by atoms with Crippen molar-refractivity contribution in [3.63, 3.8) is 0 Å². The first-order valence-corrected chi connectivity index (χ1v) is 10.4. The normalized spacial score (nSPS) is 14.6. The van der Waals surface area contributed by atoms with Gasteiger partial charge in [-0.25, -0.2) is 4.68 Å². The van der Waals surface area contributed by atoms with E-state index in [4.69, 9.17) is 4.74 Å². The third-order valence-corrected chi connectivity index (χ3v) is 5.53. The van der Waals surface area contributed by atoms with Gasteiger partial charge in [-0.1, -0.05) is 30.3 Å². The van der Waals surface area contributed by atoms with E-state index in [0.29, 0.717) is 6.42 Å². The largest absolute Gasteiger partial charge is 0.379 e. The molecular formula is C24H28N4O2. The van der Waals surface area contributed by atoms with Gasteiger partial charge in [0, 0.05) is 36.6 Å². The minimum absolute atomic E-state index is 0.0326. The molecule has 2 aromatic carbocycles. The molecule has 30 heavy (non-hydrogen) atoms. The van der Waals surface area contributed by atoms with Gasteiger partial charge in [0.1, 0.15) is 0 Å². The Bertz CT molecular complexity index is 990. The zero-order valence-corrected chi connectivity index (χ0v) is 17.6. The van der Waals surface area contributed by atoms with Gasteiger partial charge in [-0.2, -0.15) is 5.10 Å². The van der Waals surface area contributed by atoms with Crippen LogP contribution in [-0.2, 0) is 22.5 Å². The standard InChI is InChI=1S/C24H28N4O2/c1-18-23(19(2)28(26-18)22-6-4-3-5-7-22)16-24(29)25-21-10-8-20(9-11-21)17-27-12-14-30-15-13-27/h3-11H,12-17H2,1-2H3,(H,25,29). The van der Waals surface area contributed by atoms with Crippen LogP contribution in [0.15, 0.2) is 54.6 Å². The number of nitrogens with zero attached hydrogens (tertiary/aromatic N) is 3. The fourth-order valence-corrected chi connectivity index (χ4v) is 3.83. The van der Waals surface area contributed by atoms with Crippen LogP contribution in [0, 0.1) is 13.8 Å². The van der Waals surface area contributed by atoms with Crippen molar-refractivity contribution in [2.45, 2.75) is 26.8 Å². The summed E-state index contributed by atoms with van der Waals surface area (Å²) in [4.78, 5) is 15.0. The molecule has 1 aliphatic rings. The Hall–Kier alpha value is -2.96. The maximum atomic E-state index is 12.7. The number of para-hydroxylation sites is 1. The first-order chi connectivity index (χ1) is 14.6. The number of rotatable bonds is 6. The summed E-state index contributed by atoms with van der Waals surface area (Å²) in [5, 5.41) is 7.65. The number of benzene rings is 2. The van der Waals surface area contributed by atoms with Crippen molar-refractivity contribution in [2.24, 2.45) is 0 Å². The molecule has 3 aromatic rings. The number of anilines is 1. The lowest BCUT2D eigenvalue weighted by Gasteiger charge is -2.26. The first kappa shape index (κ1) is 20.3. The van der Waals surface area contributed by atoms with E-state index in [1.807, 2.05) is 61.0 Å². The Morgan fingerprint density at radius 2 is 1.73 bits per heavy atom. The number of amides is 1. The number of hydrogen-bond donors (Lipinski definition) is 1. The van der Waals surface area contributed by atoms with E-state index in [1.165, 1.54) is 5.56 Å². The Morgan fingerprint density at radius 3 is 2.43 bits per heavy atom. The fourth-order valence-electron chi connectivity index (χ4n) is 3.83. The van der Waals surface area contributed by atoms with Crippen LogP contribution in [0.4, 0.5) is 5.69 Å². The summed E-state index contributed by atoms with van der Waals surface area (Å²) in [5.74, 6) is -0.0326. The number of carbonyl (C=O) groups is 1. The molecule has 0 unspecified atom stereocenters. The summed E-state index contributed by atoms with van der Waals surface area (Å²) in [6.07, 6.45) is 0.306. The smallest absolute Gasteiger partial charge is 0.228 e. The molecule has 1 fully saturated rings. The van der Waals surface area contributed by atoms with Gasteiger partial charge >= 0.3 is 0 Å². The minimum atomic E-state index is -0.0326. The fraction of sp³-hybridized carbons (Fsp3) is 0.333. The van der Waals surface area contributed by atoms with E-state index in [0.717, 1.165) is 61.2 Å². The molecule has 156 valence electrons. The van der Waals surface area contributed by atoms with Gasteiger partial charge in [0.05, 0.1) is 31.0 Å². The Labute approximate surface area is 177 Å². The molecule has 0 radical (unpaired) electrons. The minimum Gasteiger partial charge on any atom is -0.379 e. The molecule has 1 N–H and O–H groups in total. The maximum absolute atomic E-state index is 12.7. The van der Waals surface area contributed by atoms with Gasteiger partial charge in [0.25, 0.3) is 0 Å². The number of ether oxygens (including phenoxy) is 1. The van der Waals surface area contributed by atoms with Crippen LogP contribution in [0.5, 0.6) is 0 Å². The zero-order chi connectivity index (χ0) is 20.9. The van der Waals surface area contributed by atoms with Crippen LogP contribution in [-0.4, -0.2) is 46.9 Å². The van der Waals surface area contributed by atoms with E-state index in [9.17, 15) is 4.79 Å². The van der Waals surface area contributed by atoms with Crippen molar-refractivity contribution < 1.29 is 9.53 Å². The number of aryl methyl sites for hydroxylation is 1. The first-order valence-electron chi connectivity index (χ1n) is 10.4. The molecule has 0 saturated carbocycles. The molecule has 6 nitrogen and oxygen atoms in total.